The molecule has 1 unspecified atom stereocenters. The normalized spacial score (nSPS) is 12.7. The Kier molecular flexibility index (Phi) is 3.66. The Morgan fingerprint density at radius 1 is 1.32 bits per heavy atom. The lowest BCUT2D eigenvalue weighted by molar-refractivity contribution is 0.172. The molecule has 19 heavy (non-hydrogen) atoms. The Morgan fingerprint density at radius 3 is 2.58 bits per heavy atom. The van der Waals surface area contributed by atoms with Gasteiger partial charge in [-0.3, -0.25) is 4.68 Å². The van der Waals surface area contributed by atoms with Crippen molar-refractivity contribution < 1.29 is 13.9 Å². The van der Waals surface area contributed by atoms with Crippen LogP contribution >= 0.6 is 0 Å². The molecule has 0 aliphatic carbocycles. The number of aliphatic hydroxyl groups excluding tert-OH is 1. The zero-order valence-electron chi connectivity index (χ0n) is 11.1. The number of aryl methyl sites for hydroxylation is 2. The maximum atomic E-state index is 13.6. The average molecular weight is 266 g/mol. The number of hydrogen-bond acceptors (Lipinski definition) is 2. The highest BCUT2D eigenvalue weighted by Crippen LogP contribution is 2.25. The van der Waals surface area contributed by atoms with Crippen molar-refractivity contribution in [3.8, 4) is 0 Å². The van der Waals surface area contributed by atoms with Gasteiger partial charge >= 0.3 is 0 Å². The third-order valence-corrected chi connectivity index (χ3v) is 3.40. The minimum atomic E-state index is -1.09. The van der Waals surface area contributed by atoms with E-state index in [1.54, 1.807) is 11.7 Å². The molecule has 1 aromatic carbocycles. The van der Waals surface area contributed by atoms with Gasteiger partial charge in [-0.05, 0) is 25.5 Å². The first-order valence-electron chi connectivity index (χ1n) is 6.03. The Labute approximate surface area is 110 Å². The smallest absolute Gasteiger partial charge is 0.164 e. The van der Waals surface area contributed by atoms with Crippen molar-refractivity contribution in [2.75, 3.05) is 0 Å². The van der Waals surface area contributed by atoms with E-state index in [1.165, 1.54) is 12.1 Å². The molecule has 0 fully saturated rings. The largest absolute Gasteiger partial charge is 0.388 e. The van der Waals surface area contributed by atoms with Gasteiger partial charge < -0.3 is 5.11 Å². The summed E-state index contributed by atoms with van der Waals surface area (Å²) in [7, 11) is 1.81. The van der Waals surface area contributed by atoms with E-state index < -0.39 is 17.7 Å². The summed E-state index contributed by atoms with van der Waals surface area (Å²) in [5.41, 5.74) is 2.53. The number of aliphatic hydroxyl groups is 1. The van der Waals surface area contributed by atoms with Gasteiger partial charge in [0.05, 0.1) is 11.8 Å². The number of rotatable bonds is 3. The van der Waals surface area contributed by atoms with E-state index in [9.17, 15) is 13.9 Å². The fourth-order valence-electron chi connectivity index (χ4n) is 2.19. The van der Waals surface area contributed by atoms with E-state index in [2.05, 4.69) is 5.10 Å². The van der Waals surface area contributed by atoms with E-state index in [4.69, 9.17) is 0 Å². The van der Waals surface area contributed by atoms with Gasteiger partial charge in [0.15, 0.2) is 11.6 Å². The highest BCUT2D eigenvalue weighted by molar-refractivity contribution is 5.29. The van der Waals surface area contributed by atoms with Crippen molar-refractivity contribution >= 4 is 0 Å². The molecule has 2 aromatic rings. The highest BCUT2D eigenvalue weighted by atomic mass is 19.2. The Balaban J connectivity index is 2.31. The number of aromatic nitrogens is 2. The van der Waals surface area contributed by atoms with E-state index in [1.807, 2.05) is 13.8 Å². The molecule has 5 heteroatoms. The lowest BCUT2D eigenvalue weighted by Gasteiger charge is -2.12. The van der Waals surface area contributed by atoms with Crippen molar-refractivity contribution in [1.82, 2.24) is 9.78 Å². The quantitative estimate of drug-likeness (QED) is 0.927. The van der Waals surface area contributed by atoms with Crippen LogP contribution in [-0.4, -0.2) is 14.9 Å². The maximum Gasteiger partial charge on any atom is 0.164 e. The summed E-state index contributed by atoms with van der Waals surface area (Å²) in [6.45, 7) is 3.71. The first-order chi connectivity index (χ1) is 8.91. The van der Waals surface area contributed by atoms with Crippen molar-refractivity contribution in [2.24, 2.45) is 7.05 Å². The highest BCUT2D eigenvalue weighted by Gasteiger charge is 2.19. The summed E-state index contributed by atoms with van der Waals surface area (Å²) in [5, 5.41) is 14.3. The van der Waals surface area contributed by atoms with Gasteiger partial charge in [-0.1, -0.05) is 12.1 Å². The van der Waals surface area contributed by atoms with Crippen LogP contribution < -0.4 is 0 Å². The fraction of sp³-hybridized carbons (Fsp3) is 0.357. The molecule has 0 saturated heterocycles. The maximum absolute atomic E-state index is 13.6. The Hall–Kier alpha value is -1.75. The molecule has 0 bridgehead atoms. The van der Waals surface area contributed by atoms with Gasteiger partial charge in [0.2, 0.25) is 0 Å². The van der Waals surface area contributed by atoms with Crippen LogP contribution in [0.3, 0.4) is 0 Å². The summed E-state index contributed by atoms with van der Waals surface area (Å²) in [6, 6.07) is 3.82. The van der Waals surface area contributed by atoms with Gasteiger partial charge in [-0.15, -0.1) is 0 Å². The molecule has 0 amide bonds. The second-order valence-corrected chi connectivity index (χ2v) is 4.64. The van der Waals surface area contributed by atoms with E-state index >= 15 is 0 Å². The lowest BCUT2D eigenvalue weighted by Crippen LogP contribution is -2.07. The SMILES string of the molecule is Cc1nn(C)c(C)c1CC(O)c1cccc(F)c1F. The third-order valence-electron chi connectivity index (χ3n) is 3.40. The van der Waals surface area contributed by atoms with Crippen LogP contribution in [0.4, 0.5) is 8.78 Å². The van der Waals surface area contributed by atoms with Crippen molar-refractivity contribution in [1.29, 1.82) is 0 Å². The lowest BCUT2D eigenvalue weighted by atomic mass is 9.99. The van der Waals surface area contributed by atoms with Crippen LogP contribution in [0.2, 0.25) is 0 Å². The molecule has 1 heterocycles. The summed E-state index contributed by atoms with van der Waals surface area (Å²) >= 11 is 0. The molecular formula is C14H16F2N2O. The van der Waals surface area contributed by atoms with Crippen LogP contribution in [0, 0.1) is 25.5 Å². The molecule has 1 atom stereocenters. The molecule has 1 aromatic heterocycles. The molecular weight excluding hydrogens is 250 g/mol. The average Bonchev–Trinajstić information content (AvgIpc) is 2.59. The molecule has 2 rings (SSSR count). The Morgan fingerprint density at radius 2 is 2.00 bits per heavy atom. The molecule has 0 saturated carbocycles. The molecule has 0 aliphatic heterocycles. The molecule has 3 nitrogen and oxygen atoms in total. The van der Waals surface area contributed by atoms with Crippen LogP contribution in [0.1, 0.15) is 28.6 Å². The van der Waals surface area contributed by atoms with Crippen molar-refractivity contribution in [2.45, 2.75) is 26.4 Å². The van der Waals surface area contributed by atoms with Gasteiger partial charge in [-0.2, -0.15) is 5.10 Å². The first kappa shape index (κ1) is 13.7. The molecule has 0 radical (unpaired) electrons. The van der Waals surface area contributed by atoms with Gasteiger partial charge in [0, 0.05) is 24.7 Å². The number of nitrogens with zero attached hydrogens (tertiary/aromatic N) is 2. The summed E-state index contributed by atoms with van der Waals surface area (Å²) in [6.07, 6.45) is -0.872. The number of benzene rings is 1. The zero-order valence-corrected chi connectivity index (χ0v) is 11.1. The minimum absolute atomic E-state index is 0.0253. The second kappa shape index (κ2) is 5.09. The van der Waals surface area contributed by atoms with Gasteiger partial charge in [0.25, 0.3) is 0 Å². The Bertz CT molecular complexity index is 608. The van der Waals surface area contributed by atoms with E-state index in [0.29, 0.717) is 0 Å². The molecule has 0 spiro atoms. The predicted molar refractivity (Wildman–Crippen MR) is 67.7 cm³/mol. The van der Waals surface area contributed by atoms with Gasteiger partial charge in [0.1, 0.15) is 0 Å². The molecule has 0 aliphatic rings. The molecule has 102 valence electrons. The minimum Gasteiger partial charge on any atom is -0.388 e. The fourth-order valence-corrected chi connectivity index (χ4v) is 2.19. The standard InChI is InChI=1S/C14H16F2N2O/c1-8-11(9(2)18(3)17-8)7-13(19)10-5-4-6-12(15)14(10)16/h4-6,13,19H,7H2,1-3H3. The van der Waals surface area contributed by atoms with Crippen LogP contribution in [0.15, 0.2) is 18.2 Å². The number of halogens is 2. The van der Waals surface area contributed by atoms with Gasteiger partial charge in [-0.25, -0.2) is 8.78 Å². The third kappa shape index (κ3) is 2.51. The van der Waals surface area contributed by atoms with Crippen LogP contribution in [0.5, 0.6) is 0 Å². The summed E-state index contributed by atoms with van der Waals surface area (Å²) in [5.74, 6) is -1.94. The molecule has 1 N–H and O–H groups in total. The van der Waals surface area contributed by atoms with Crippen molar-refractivity contribution in [3.05, 3.63) is 52.3 Å². The topological polar surface area (TPSA) is 38.0 Å². The summed E-state index contributed by atoms with van der Waals surface area (Å²) < 4.78 is 28.5. The predicted octanol–water partition coefficient (Wildman–Crippen LogP) is 2.59. The summed E-state index contributed by atoms with van der Waals surface area (Å²) in [4.78, 5) is 0. The van der Waals surface area contributed by atoms with Crippen molar-refractivity contribution in [3.63, 3.8) is 0 Å². The van der Waals surface area contributed by atoms with E-state index in [-0.39, 0.29) is 12.0 Å². The zero-order chi connectivity index (χ0) is 14.2. The van der Waals surface area contributed by atoms with E-state index in [0.717, 1.165) is 23.0 Å². The van der Waals surface area contributed by atoms with Crippen LogP contribution in [0.25, 0.3) is 0 Å². The van der Waals surface area contributed by atoms with Crippen LogP contribution in [-0.2, 0) is 13.5 Å². The second-order valence-electron chi connectivity index (χ2n) is 4.64. The monoisotopic (exact) mass is 266 g/mol. The first-order valence-corrected chi connectivity index (χ1v) is 6.03. The number of hydrogen-bond donors (Lipinski definition) is 1.